The van der Waals surface area contributed by atoms with Crippen molar-refractivity contribution in [3.05, 3.63) is 53.6 Å². The molecule has 2 heterocycles. The molecule has 2 N–H and O–H groups in total. The molecule has 1 aliphatic heterocycles. The van der Waals surface area contributed by atoms with Crippen molar-refractivity contribution in [2.45, 2.75) is 70.5 Å². The zero-order valence-corrected chi connectivity index (χ0v) is 19.5. The van der Waals surface area contributed by atoms with Crippen LogP contribution in [-0.4, -0.2) is 56.8 Å². The van der Waals surface area contributed by atoms with Crippen LogP contribution in [0.25, 0.3) is 0 Å². The quantitative estimate of drug-likeness (QED) is 0.645. The van der Waals surface area contributed by atoms with Gasteiger partial charge in [-0.15, -0.1) is 0 Å². The van der Waals surface area contributed by atoms with Crippen LogP contribution in [0.1, 0.15) is 72.5 Å². The standard InChI is InChI=1S/C25H33N5O3/c1-3-15-30-23(32)21-20(22(31)26-14-13-18-9-5-4-6-10-18)27-17-29(21)16-25(30,2)24(33)28-19-11-7-8-12-19/h4-6,9-10,17,19H,3,7-8,11-16H2,1-2H3,(H,26,31)(H,28,33)/t25-/m0/s1. The molecule has 8 nitrogen and oxygen atoms in total. The van der Waals surface area contributed by atoms with E-state index in [4.69, 9.17) is 0 Å². The van der Waals surface area contributed by atoms with Gasteiger partial charge in [0.05, 0.1) is 12.9 Å². The molecule has 4 rings (SSSR count). The van der Waals surface area contributed by atoms with Crippen LogP contribution in [0.3, 0.4) is 0 Å². The number of nitrogens with one attached hydrogen (secondary N) is 2. The van der Waals surface area contributed by atoms with Gasteiger partial charge in [-0.3, -0.25) is 14.4 Å². The number of fused-ring (bicyclic) bond motifs is 1. The van der Waals surface area contributed by atoms with E-state index < -0.39 is 5.54 Å². The van der Waals surface area contributed by atoms with E-state index in [1.807, 2.05) is 44.2 Å². The Morgan fingerprint density at radius 2 is 1.91 bits per heavy atom. The lowest BCUT2D eigenvalue weighted by Crippen LogP contribution is -2.65. The largest absolute Gasteiger partial charge is 0.351 e. The van der Waals surface area contributed by atoms with Gasteiger partial charge in [-0.25, -0.2) is 4.98 Å². The maximum Gasteiger partial charge on any atom is 0.273 e. The van der Waals surface area contributed by atoms with Crippen LogP contribution in [0, 0.1) is 0 Å². The molecule has 0 unspecified atom stereocenters. The van der Waals surface area contributed by atoms with Crippen LogP contribution in [0.4, 0.5) is 0 Å². The summed E-state index contributed by atoms with van der Waals surface area (Å²) in [5.41, 5.74) is 0.475. The Bertz CT molecular complexity index is 1010. The Hall–Kier alpha value is -3.16. The summed E-state index contributed by atoms with van der Waals surface area (Å²) < 4.78 is 1.66. The zero-order valence-electron chi connectivity index (χ0n) is 19.5. The maximum atomic E-state index is 13.6. The maximum absolute atomic E-state index is 13.6. The van der Waals surface area contributed by atoms with E-state index in [1.54, 1.807) is 9.47 Å². The minimum atomic E-state index is -1.02. The van der Waals surface area contributed by atoms with Crippen LogP contribution in [0.2, 0.25) is 0 Å². The highest BCUT2D eigenvalue weighted by Crippen LogP contribution is 2.30. The van der Waals surface area contributed by atoms with Gasteiger partial charge in [0.2, 0.25) is 5.91 Å². The molecule has 1 saturated carbocycles. The first-order valence-electron chi connectivity index (χ1n) is 11.9. The normalized spacial score (nSPS) is 20.5. The van der Waals surface area contributed by atoms with E-state index in [0.717, 1.165) is 31.2 Å². The molecular weight excluding hydrogens is 418 g/mol. The third-order valence-corrected chi connectivity index (χ3v) is 6.74. The van der Waals surface area contributed by atoms with Gasteiger partial charge in [0.1, 0.15) is 11.2 Å². The fraction of sp³-hybridized carbons (Fsp3) is 0.520. The first-order valence-corrected chi connectivity index (χ1v) is 11.9. The Morgan fingerprint density at radius 1 is 1.18 bits per heavy atom. The number of carbonyl (C=O) groups excluding carboxylic acids is 3. The van der Waals surface area contributed by atoms with Gasteiger partial charge >= 0.3 is 0 Å². The number of hydrogen-bond acceptors (Lipinski definition) is 4. The molecule has 0 saturated heterocycles. The van der Waals surface area contributed by atoms with Gasteiger partial charge < -0.3 is 20.1 Å². The van der Waals surface area contributed by atoms with Crippen LogP contribution in [0.5, 0.6) is 0 Å². The van der Waals surface area contributed by atoms with Crippen LogP contribution >= 0.6 is 0 Å². The van der Waals surface area contributed by atoms with E-state index >= 15 is 0 Å². The number of carbonyl (C=O) groups is 3. The van der Waals surface area contributed by atoms with E-state index in [-0.39, 0.29) is 41.7 Å². The van der Waals surface area contributed by atoms with Crippen molar-refractivity contribution in [3.63, 3.8) is 0 Å². The van der Waals surface area contributed by atoms with Crippen molar-refractivity contribution in [1.29, 1.82) is 0 Å². The summed E-state index contributed by atoms with van der Waals surface area (Å²) in [6, 6.07) is 10.1. The molecule has 3 amide bonds. The number of aromatic nitrogens is 2. The average Bonchev–Trinajstić information content (AvgIpc) is 3.47. The first kappa shape index (κ1) is 23.0. The number of rotatable bonds is 8. The number of hydrogen-bond donors (Lipinski definition) is 2. The summed E-state index contributed by atoms with van der Waals surface area (Å²) >= 11 is 0. The fourth-order valence-electron chi connectivity index (χ4n) is 4.89. The highest BCUT2D eigenvalue weighted by molar-refractivity contribution is 6.07. The SMILES string of the molecule is CCCN1C(=O)c2c(C(=O)NCCc3ccccc3)ncn2C[C@@]1(C)C(=O)NC1CCCC1. The summed E-state index contributed by atoms with van der Waals surface area (Å²) in [5.74, 6) is -0.828. The second-order valence-corrected chi connectivity index (χ2v) is 9.25. The highest BCUT2D eigenvalue weighted by atomic mass is 16.2. The van der Waals surface area contributed by atoms with Crippen molar-refractivity contribution in [2.24, 2.45) is 0 Å². The van der Waals surface area contributed by atoms with E-state index in [0.29, 0.717) is 25.9 Å². The molecular formula is C25H33N5O3. The number of imidazole rings is 1. The van der Waals surface area contributed by atoms with Gasteiger partial charge in [-0.1, -0.05) is 50.1 Å². The zero-order chi connectivity index (χ0) is 23.4. The minimum Gasteiger partial charge on any atom is -0.351 e. The Labute approximate surface area is 194 Å². The molecule has 1 fully saturated rings. The highest BCUT2D eigenvalue weighted by Gasteiger charge is 2.48. The van der Waals surface area contributed by atoms with Gasteiger partial charge in [-0.05, 0) is 38.2 Å². The predicted octanol–water partition coefficient (Wildman–Crippen LogP) is 2.54. The molecule has 1 atom stereocenters. The average molecular weight is 452 g/mol. The van der Waals surface area contributed by atoms with Crippen LogP contribution in [-0.2, 0) is 17.8 Å². The molecule has 1 aliphatic carbocycles. The molecule has 2 aromatic rings. The topological polar surface area (TPSA) is 96.3 Å². The number of benzene rings is 1. The van der Waals surface area contributed by atoms with E-state index in [9.17, 15) is 14.4 Å². The van der Waals surface area contributed by atoms with Gasteiger partial charge in [0, 0.05) is 19.1 Å². The summed E-state index contributed by atoms with van der Waals surface area (Å²) in [6.07, 6.45) is 7.11. The lowest BCUT2D eigenvalue weighted by atomic mass is 9.93. The van der Waals surface area contributed by atoms with Crippen molar-refractivity contribution in [3.8, 4) is 0 Å². The van der Waals surface area contributed by atoms with Crippen LogP contribution < -0.4 is 10.6 Å². The number of amides is 3. The molecule has 1 aromatic carbocycles. The monoisotopic (exact) mass is 451 g/mol. The molecule has 2 aliphatic rings. The summed E-state index contributed by atoms with van der Waals surface area (Å²) in [7, 11) is 0. The molecule has 0 spiro atoms. The second-order valence-electron chi connectivity index (χ2n) is 9.25. The molecule has 1 aromatic heterocycles. The third-order valence-electron chi connectivity index (χ3n) is 6.74. The molecule has 176 valence electrons. The second kappa shape index (κ2) is 9.77. The first-order chi connectivity index (χ1) is 15.9. The van der Waals surface area contributed by atoms with Crippen molar-refractivity contribution >= 4 is 17.7 Å². The minimum absolute atomic E-state index is 0.118. The Morgan fingerprint density at radius 3 is 2.61 bits per heavy atom. The fourth-order valence-corrected chi connectivity index (χ4v) is 4.89. The van der Waals surface area contributed by atoms with Crippen molar-refractivity contribution in [2.75, 3.05) is 13.1 Å². The lowest BCUT2D eigenvalue weighted by Gasteiger charge is -2.44. The van der Waals surface area contributed by atoms with Crippen molar-refractivity contribution in [1.82, 2.24) is 25.1 Å². The van der Waals surface area contributed by atoms with Gasteiger partial charge in [0.15, 0.2) is 5.69 Å². The smallest absolute Gasteiger partial charge is 0.273 e. The molecule has 33 heavy (non-hydrogen) atoms. The number of nitrogens with zero attached hydrogens (tertiary/aromatic N) is 3. The third kappa shape index (κ3) is 4.65. The van der Waals surface area contributed by atoms with E-state index in [2.05, 4.69) is 15.6 Å². The van der Waals surface area contributed by atoms with Crippen molar-refractivity contribution < 1.29 is 14.4 Å². The molecule has 8 heteroatoms. The molecule has 0 bridgehead atoms. The molecule has 0 radical (unpaired) electrons. The Kier molecular flexibility index (Phi) is 6.81. The van der Waals surface area contributed by atoms with E-state index in [1.165, 1.54) is 6.33 Å². The van der Waals surface area contributed by atoms with Crippen LogP contribution in [0.15, 0.2) is 36.7 Å². The van der Waals surface area contributed by atoms with Gasteiger partial charge in [0.25, 0.3) is 11.8 Å². The summed E-state index contributed by atoms with van der Waals surface area (Å²) in [4.78, 5) is 45.6. The summed E-state index contributed by atoms with van der Waals surface area (Å²) in [5, 5.41) is 6.03. The van der Waals surface area contributed by atoms with Gasteiger partial charge in [-0.2, -0.15) is 0 Å². The summed E-state index contributed by atoms with van der Waals surface area (Å²) in [6.45, 7) is 4.95. The predicted molar refractivity (Wildman–Crippen MR) is 125 cm³/mol. The lowest BCUT2D eigenvalue weighted by molar-refractivity contribution is -0.133. The Balaban J connectivity index is 1.51.